The highest BCUT2D eigenvalue weighted by Crippen LogP contribution is 2.30. The van der Waals surface area contributed by atoms with Gasteiger partial charge in [0, 0.05) is 12.0 Å². The van der Waals surface area contributed by atoms with Crippen LogP contribution in [0.4, 0.5) is 14.6 Å². The molecule has 1 unspecified atom stereocenters. The average molecular weight is 423 g/mol. The number of hydrogen-bond donors (Lipinski definition) is 1. The van der Waals surface area contributed by atoms with Crippen molar-refractivity contribution in [3.63, 3.8) is 0 Å². The molecule has 0 fully saturated rings. The maximum absolute atomic E-state index is 13.6. The van der Waals surface area contributed by atoms with Crippen LogP contribution in [0.1, 0.15) is 23.2 Å². The summed E-state index contributed by atoms with van der Waals surface area (Å²) in [4.78, 5) is 21.9. The van der Waals surface area contributed by atoms with Crippen molar-refractivity contribution in [2.75, 3.05) is 12.4 Å². The number of nitrogens with zero attached hydrogens (tertiary/aromatic N) is 2. The topological polar surface area (TPSA) is 77.2 Å². The minimum Gasteiger partial charge on any atom is -0.480 e. The van der Waals surface area contributed by atoms with Gasteiger partial charge >= 0.3 is 0 Å². The van der Waals surface area contributed by atoms with Crippen LogP contribution in [0, 0.1) is 5.82 Å². The number of carbonyl (C=O) groups is 1. The molecule has 2 heterocycles. The van der Waals surface area contributed by atoms with Gasteiger partial charge in [-0.15, -0.1) is 0 Å². The van der Waals surface area contributed by atoms with Gasteiger partial charge in [0.15, 0.2) is 5.78 Å². The summed E-state index contributed by atoms with van der Waals surface area (Å²) in [6.45, 7) is 0. The molecule has 0 saturated carbocycles. The predicted molar refractivity (Wildman–Crippen MR) is 111 cm³/mol. The first kappa shape index (κ1) is 20.5. The molecule has 8 heteroatoms. The SMILES string of the molecule is COc1cncc(NC(C(=O)c2cocc2-c2ccc(F)cc2)C2=CC=C(F)CC2)n1. The van der Waals surface area contributed by atoms with Gasteiger partial charge in [-0.05, 0) is 35.8 Å². The van der Waals surface area contributed by atoms with E-state index in [-0.39, 0.29) is 29.7 Å². The third kappa shape index (κ3) is 4.53. The van der Waals surface area contributed by atoms with Gasteiger partial charge < -0.3 is 14.5 Å². The van der Waals surface area contributed by atoms with Crippen LogP contribution in [0.25, 0.3) is 11.1 Å². The molecule has 0 bridgehead atoms. The van der Waals surface area contributed by atoms with Gasteiger partial charge in [-0.25, -0.2) is 8.78 Å². The Balaban J connectivity index is 1.71. The number of methoxy groups -OCH3 is 1. The molecule has 2 aromatic heterocycles. The molecule has 1 N–H and O–H groups in total. The van der Waals surface area contributed by atoms with Crippen molar-refractivity contribution >= 4 is 11.6 Å². The van der Waals surface area contributed by atoms with Gasteiger partial charge in [0.2, 0.25) is 5.88 Å². The minimum absolute atomic E-state index is 0.206. The number of halogens is 2. The quantitative estimate of drug-likeness (QED) is 0.532. The fourth-order valence-electron chi connectivity index (χ4n) is 3.36. The second-order valence-electron chi connectivity index (χ2n) is 6.95. The molecule has 0 amide bonds. The lowest BCUT2D eigenvalue weighted by atomic mass is 9.90. The lowest BCUT2D eigenvalue weighted by Gasteiger charge is -2.23. The molecule has 0 aliphatic heterocycles. The maximum atomic E-state index is 13.6. The molecule has 158 valence electrons. The van der Waals surface area contributed by atoms with E-state index < -0.39 is 6.04 Å². The molecule has 4 rings (SSSR count). The summed E-state index contributed by atoms with van der Waals surface area (Å²) in [6, 6.07) is 4.95. The summed E-state index contributed by atoms with van der Waals surface area (Å²) >= 11 is 0. The number of ketones is 1. The number of furan rings is 1. The molecule has 1 aromatic carbocycles. The molecule has 1 aliphatic carbocycles. The highest BCUT2D eigenvalue weighted by molar-refractivity contribution is 6.08. The molecular weight excluding hydrogens is 404 g/mol. The smallest absolute Gasteiger partial charge is 0.233 e. The fourth-order valence-corrected chi connectivity index (χ4v) is 3.36. The zero-order chi connectivity index (χ0) is 21.8. The molecule has 1 aliphatic rings. The molecule has 0 spiro atoms. The Hall–Kier alpha value is -3.81. The van der Waals surface area contributed by atoms with Crippen LogP contribution in [-0.2, 0) is 0 Å². The first-order valence-corrected chi connectivity index (χ1v) is 9.59. The van der Waals surface area contributed by atoms with Gasteiger partial charge in [-0.1, -0.05) is 18.2 Å². The van der Waals surface area contributed by atoms with Crippen LogP contribution < -0.4 is 10.1 Å². The molecule has 1 atom stereocenters. The summed E-state index contributed by atoms with van der Waals surface area (Å²) in [5.74, 6) is -0.293. The first-order valence-electron chi connectivity index (χ1n) is 9.59. The number of Topliss-reactive ketones (excluding diaryl/α,β-unsaturated/α-hetero) is 1. The normalized spacial score (nSPS) is 14.4. The zero-order valence-corrected chi connectivity index (χ0v) is 16.6. The average Bonchev–Trinajstić information content (AvgIpc) is 3.28. The van der Waals surface area contributed by atoms with E-state index in [1.165, 1.54) is 50.2 Å². The van der Waals surface area contributed by atoms with Crippen LogP contribution in [0.2, 0.25) is 0 Å². The Labute approximate surface area is 177 Å². The molecule has 0 radical (unpaired) electrons. The van der Waals surface area contributed by atoms with E-state index in [4.69, 9.17) is 9.15 Å². The number of benzene rings is 1. The van der Waals surface area contributed by atoms with Gasteiger partial charge in [-0.3, -0.25) is 9.78 Å². The zero-order valence-electron chi connectivity index (χ0n) is 16.6. The standard InChI is InChI=1S/C23H19F2N3O3/c1-30-21-11-26-10-20(27-21)28-22(15-4-8-17(25)9-5-15)23(29)19-13-31-12-18(19)14-2-6-16(24)7-3-14/h2-4,6-8,10-13,22H,5,9H2,1H3,(H,27,28). The summed E-state index contributed by atoms with van der Waals surface area (Å²) in [6.07, 6.45) is 9.24. The van der Waals surface area contributed by atoms with E-state index >= 15 is 0 Å². The van der Waals surface area contributed by atoms with Crippen molar-refractivity contribution in [2.45, 2.75) is 18.9 Å². The van der Waals surface area contributed by atoms with Gasteiger partial charge in [-0.2, -0.15) is 4.98 Å². The lowest BCUT2D eigenvalue weighted by Crippen LogP contribution is -2.33. The van der Waals surface area contributed by atoms with E-state index in [0.717, 1.165) is 0 Å². The summed E-state index contributed by atoms with van der Waals surface area (Å²) in [5, 5.41) is 3.09. The molecule has 31 heavy (non-hydrogen) atoms. The Kier molecular flexibility index (Phi) is 5.88. The second-order valence-corrected chi connectivity index (χ2v) is 6.95. The van der Waals surface area contributed by atoms with Crippen LogP contribution in [-0.4, -0.2) is 28.9 Å². The Morgan fingerprint density at radius 3 is 2.65 bits per heavy atom. The number of hydrogen-bond acceptors (Lipinski definition) is 6. The van der Waals surface area contributed by atoms with E-state index in [1.807, 2.05) is 0 Å². The summed E-state index contributed by atoms with van der Waals surface area (Å²) in [5.41, 5.74) is 2.19. The number of nitrogens with one attached hydrogen (secondary N) is 1. The molecule has 0 saturated heterocycles. The number of ether oxygens (including phenoxy) is 1. The van der Waals surface area contributed by atoms with Crippen LogP contribution in [0.5, 0.6) is 5.88 Å². The number of carbonyl (C=O) groups excluding carboxylic acids is 1. The first-order chi connectivity index (χ1) is 15.0. The van der Waals surface area contributed by atoms with Crippen molar-refractivity contribution in [1.82, 2.24) is 9.97 Å². The predicted octanol–water partition coefficient (Wildman–Crippen LogP) is 5.12. The van der Waals surface area contributed by atoms with Crippen LogP contribution in [0.3, 0.4) is 0 Å². The summed E-state index contributed by atoms with van der Waals surface area (Å²) in [7, 11) is 1.47. The van der Waals surface area contributed by atoms with Gasteiger partial charge in [0.1, 0.15) is 29.8 Å². The van der Waals surface area contributed by atoms with Crippen molar-refractivity contribution < 1.29 is 22.7 Å². The van der Waals surface area contributed by atoms with E-state index in [9.17, 15) is 13.6 Å². The van der Waals surface area contributed by atoms with Crippen molar-refractivity contribution in [2.24, 2.45) is 0 Å². The number of rotatable bonds is 7. The molecule has 6 nitrogen and oxygen atoms in total. The highest BCUT2D eigenvalue weighted by Gasteiger charge is 2.29. The fraction of sp³-hybridized carbons (Fsp3) is 0.174. The summed E-state index contributed by atoms with van der Waals surface area (Å²) < 4.78 is 37.3. The Morgan fingerprint density at radius 1 is 1.13 bits per heavy atom. The number of anilines is 1. The van der Waals surface area contributed by atoms with E-state index in [0.29, 0.717) is 34.5 Å². The molecular formula is C23H19F2N3O3. The van der Waals surface area contributed by atoms with E-state index in [2.05, 4.69) is 15.3 Å². The third-order valence-corrected chi connectivity index (χ3v) is 4.96. The largest absolute Gasteiger partial charge is 0.480 e. The van der Waals surface area contributed by atoms with Crippen LogP contribution >= 0.6 is 0 Å². The maximum Gasteiger partial charge on any atom is 0.233 e. The number of allylic oxidation sites excluding steroid dienone is 3. The Bertz CT molecular complexity index is 1150. The van der Waals surface area contributed by atoms with Gasteiger partial charge in [0.05, 0.1) is 31.3 Å². The highest BCUT2D eigenvalue weighted by atomic mass is 19.1. The van der Waals surface area contributed by atoms with Gasteiger partial charge in [0.25, 0.3) is 0 Å². The van der Waals surface area contributed by atoms with Crippen molar-refractivity contribution in [3.05, 3.63) is 84.1 Å². The van der Waals surface area contributed by atoms with Crippen molar-refractivity contribution in [1.29, 1.82) is 0 Å². The third-order valence-electron chi connectivity index (χ3n) is 4.96. The molecule has 3 aromatic rings. The van der Waals surface area contributed by atoms with E-state index in [1.54, 1.807) is 18.2 Å². The monoisotopic (exact) mass is 423 g/mol. The van der Waals surface area contributed by atoms with Crippen molar-refractivity contribution in [3.8, 4) is 17.0 Å². The number of aromatic nitrogens is 2. The minimum atomic E-state index is -0.831. The lowest BCUT2D eigenvalue weighted by molar-refractivity contribution is 0.0979. The van der Waals surface area contributed by atoms with Crippen LogP contribution in [0.15, 0.2) is 77.2 Å². The second kappa shape index (κ2) is 8.91. The Morgan fingerprint density at radius 2 is 1.94 bits per heavy atom.